The van der Waals surface area contributed by atoms with Gasteiger partial charge in [-0.05, 0) is 36.4 Å². The zero-order valence-electron chi connectivity index (χ0n) is 18.6. The lowest BCUT2D eigenvalue weighted by molar-refractivity contribution is -0.131. The fourth-order valence-electron chi connectivity index (χ4n) is 3.59. The number of amidine groups is 1. The zero-order chi connectivity index (χ0) is 22.9. The summed E-state index contributed by atoms with van der Waals surface area (Å²) >= 11 is 0. The summed E-state index contributed by atoms with van der Waals surface area (Å²) in [6.07, 6.45) is -0.391. The minimum absolute atomic E-state index is 0.0914. The van der Waals surface area contributed by atoms with Crippen molar-refractivity contribution in [2.24, 2.45) is 4.99 Å². The predicted octanol–water partition coefficient (Wildman–Crippen LogP) is 1.42. The minimum atomic E-state index is -0.967. The summed E-state index contributed by atoms with van der Waals surface area (Å²) in [4.78, 5) is 25.6. The molecule has 2 aromatic rings. The fourth-order valence-corrected chi connectivity index (χ4v) is 3.59. The molecule has 1 unspecified atom stereocenters. The molecule has 0 aromatic heterocycles. The SMILES string of the molecule is O=C(NCCN1CCOCC1)C1N=C(c2ccc(OCCCO)cc2)N(c2ccccc2)O1. The number of carbonyl (C=O) groups excluding carboxylic acids is 1. The van der Waals surface area contributed by atoms with Crippen LogP contribution in [0.2, 0.25) is 0 Å². The Kier molecular flexibility index (Phi) is 8.26. The van der Waals surface area contributed by atoms with Gasteiger partial charge in [-0.15, -0.1) is 0 Å². The van der Waals surface area contributed by atoms with Gasteiger partial charge in [-0.1, -0.05) is 18.2 Å². The molecule has 2 aliphatic rings. The topological polar surface area (TPSA) is 95.9 Å². The highest BCUT2D eigenvalue weighted by atomic mass is 16.7. The molecule has 2 aliphatic heterocycles. The molecule has 2 aromatic carbocycles. The van der Waals surface area contributed by atoms with Gasteiger partial charge < -0.3 is 19.9 Å². The van der Waals surface area contributed by atoms with Crippen LogP contribution in [0.1, 0.15) is 12.0 Å². The molecule has 1 fully saturated rings. The first-order valence-corrected chi connectivity index (χ1v) is 11.3. The average Bonchev–Trinajstić information content (AvgIpc) is 3.32. The van der Waals surface area contributed by atoms with E-state index in [0.29, 0.717) is 31.2 Å². The van der Waals surface area contributed by atoms with Crippen LogP contribution in [0.15, 0.2) is 59.6 Å². The molecule has 0 saturated carbocycles. The summed E-state index contributed by atoms with van der Waals surface area (Å²) in [5.74, 6) is 0.981. The smallest absolute Gasteiger partial charge is 0.274 e. The van der Waals surface area contributed by atoms with Crippen molar-refractivity contribution >= 4 is 17.4 Å². The second-order valence-electron chi connectivity index (χ2n) is 7.74. The van der Waals surface area contributed by atoms with Gasteiger partial charge in [0.2, 0.25) is 0 Å². The second-order valence-corrected chi connectivity index (χ2v) is 7.74. The molecular weight excluding hydrogens is 424 g/mol. The molecule has 0 radical (unpaired) electrons. The number of anilines is 1. The van der Waals surface area contributed by atoms with Gasteiger partial charge in [-0.25, -0.2) is 14.9 Å². The third-order valence-corrected chi connectivity index (χ3v) is 5.37. The monoisotopic (exact) mass is 454 g/mol. The number of aliphatic hydroxyl groups excluding tert-OH is 1. The summed E-state index contributed by atoms with van der Waals surface area (Å²) < 4.78 is 11.0. The highest BCUT2D eigenvalue weighted by molar-refractivity contribution is 6.10. The number of aliphatic hydroxyl groups is 1. The number of hydrogen-bond donors (Lipinski definition) is 2. The fraction of sp³-hybridized carbons (Fsp3) is 0.417. The number of benzene rings is 2. The van der Waals surface area contributed by atoms with Crippen molar-refractivity contribution in [3.05, 3.63) is 60.2 Å². The standard InChI is InChI=1S/C24H30N4O5/c29-15-4-16-32-21-9-7-19(8-10-21)22-26-24(33-28(22)20-5-2-1-3-6-20)23(30)25-11-12-27-13-17-31-18-14-27/h1-3,5-10,24,29H,4,11-18H2,(H,25,30). The average molecular weight is 455 g/mol. The summed E-state index contributed by atoms with van der Waals surface area (Å²) in [7, 11) is 0. The number of hydrogen-bond acceptors (Lipinski definition) is 8. The number of hydroxylamine groups is 1. The van der Waals surface area contributed by atoms with Crippen LogP contribution < -0.4 is 15.1 Å². The van der Waals surface area contributed by atoms with Crippen molar-refractivity contribution in [2.75, 3.05) is 57.7 Å². The highest BCUT2D eigenvalue weighted by Gasteiger charge is 2.33. The van der Waals surface area contributed by atoms with Crippen molar-refractivity contribution in [3.63, 3.8) is 0 Å². The number of amides is 1. The Bertz CT molecular complexity index is 916. The van der Waals surface area contributed by atoms with Gasteiger partial charge in [-0.3, -0.25) is 9.69 Å². The number of ether oxygens (including phenoxy) is 2. The molecule has 1 saturated heterocycles. The van der Waals surface area contributed by atoms with Crippen molar-refractivity contribution in [1.29, 1.82) is 0 Å². The van der Waals surface area contributed by atoms with Crippen molar-refractivity contribution in [3.8, 4) is 5.75 Å². The van der Waals surface area contributed by atoms with Crippen LogP contribution in [0.4, 0.5) is 5.69 Å². The first kappa shape index (κ1) is 23.2. The third-order valence-electron chi connectivity index (χ3n) is 5.37. The van der Waals surface area contributed by atoms with E-state index in [1.807, 2.05) is 54.6 Å². The lowest BCUT2D eigenvalue weighted by Gasteiger charge is -2.26. The van der Waals surface area contributed by atoms with Crippen LogP contribution in [-0.4, -0.2) is 80.6 Å². The van der Waals surface area contributed by atoms with Crippen molar-refractivity contribution in [2.45, 2.75) is 12.6 Å². The molecule has 0 spiro atoms. The minimum Gasteiger partial charge on any atom is -0.494 e. The van der Waals surface area contributed by atoms with E-state index in [2.05, 4.69) is 15.2 Å². The van der Waals surface area contributed by atoms with E-state index in [9.17, 15) is 4.79 Å². The Balaban J connectivity index is 1.43. The number of para-hydroxylation sites is 1. The Morgan fingerprint density at radius 1 is 1.12 bits per heavy atom. The van der Waals surface area contributed by atoms with Crippen LogP contribution in [0.3, 0.4) is 0 Å². The largest absolute Gasteiger partial charge is 0.494 e. The Labute approximate surface area is 193 Å². The molecular formula is C24H30N4O5. The van der Waals surface area contributed by atoms with Gasteiger partial charge in [0.05, 0.1) is 25.5 Å². The van der Waals surface area contributed by atoms with Crippen LogP contribution in [0.5, 0.6) is 5.75 Å². The van der Waals surface area contributed by atoms with Gasteiger partial charge >= 0.3 is 0 Å². The molecule has 1 amide bonds. The number of nitrogens with one attached hydrogen (secondary N) is 1. The van der Waals surface area contributed by atoms with E-state index >= 15 is 0 Å². The van der Waals surface area contributed by atoms with E-state index in [4.69, 9.17) is 19.4 Å². The summed E-state index contributed by atoms with van der Waals surface area (Å²) in [6, 6.07) is 17.0. The molecule has 0 aliphatic carbocycles. The summed E-state index contributed by atoms with van der Waals surface area (Å²) in [5.41, 5.74) is 1.58. The number of rotatable bonds is 10. The van der Waals surface area contributed by atoms with Gasteiger partial charge in [0, 0.05) is 44.8 Å². The molecule has 0 bridgehead atoms. The molecule has 33 heavy (non-hydrogen) atoms. The first-order chi connectivity index (χ1) is 16.2. The number of carbonyl (C=O) groups is 1. The molecule has 176 valence electrons. The van der Waals surface area contributed by atoms with Gasteiger partial charge in [0.1, 0.15) is 5.75 Å². The maximum Gasteiger partial charge on any atom is 0.274 e. The molecule has 2 N–H and O–H groups in total. The number of aliphatic imine (C=N–C) groups is 1. The van der Waals surface area contributed by atoms with E-state index < -0.39 is 6.23 Å². The van der Waals surface area contributed by atoms with E-state index in [-0.39, 0.29) is 12.5 Å². The molecule has 9 heteroatoms. The van der Waals surface area contributed by atoms with Crippen LogP contribution in [0.25, 0.3) is 0 Å². The van der Waals surface area contributed by atoms with Crippen LogP contribution in [0, 0.1) is 0 Å². The van der Waals surface area contributed by atoms with Gasteiger partial charge in [0.15, 0.2) is 5.84 Å². The maximum atomic E-state index is 12.8. The lowest BCUT2D eigenvalue weighted by Crippen LogP contribution is -2.43. The second kappa shape index (κ2) is 11.8. The van der Waals surface area contributed by atoms with Crippen molar-refractivity contribution in [1.82, 2.24) is 10.2 Å². The van der Waals surface area contributed by atoms with E-state index in [1.165, 1.54) is 0 Å². The Hall–Kier alpha value is -2.98. The van der Waals surface area contributed by atoms with Gasteiger partial charge in [-0.2, -0.15) is 0 Å². The van der Waals surface area contributed by atoms with Crippen LogP contribution in [-0.2, 0) is 14.4 Å². The molecule has 1 atom stereocenters. The maximum absolute atomic E-state index is 12.8. The predicted molar refractivity (Wildman–Crippen MR) is 124 cm³/mol. The lowest BCUT2D eigenvalue weighted by atomic mass is 10.2. The highest BCUT2D eigenvalue weighted by Crippen LogP contribution is 2.26. The third kappa shape index (κ3) is 6.29. The number of nitrogens with zero attached hydrogens (tertiary/aromatic N) is 3. The first-order valence-electron chi connectivity index (χ1n) is 11.3. The quantitative estimate of drug-likeness (QED) is 0.524. The van der Waals surface area contributed by atoms with Crippen molar-refractivity contribution < 1.29 is 24.2 Å². The molecule has 2 heterocycles. The van der Waals surface area contributed by atoms with Gasteiger partial charge in [0.25, 0.3) is 12.1 Å². The Morgan fingerprint density at radius 3 is 2.61 bits per heavy atom. The van der Waals surface area contributed by atoms with Crippen LogP contribution >= 0.6 is 0 Å². The van der Waals surface area contributed by atoms with E-state index in [0.717, 1.165) is 44.1 Å². The summed E-state index contributed by atoms with van der Waals surface area (Å²) in [5, 5.41) is 13.4. The Morgan fingerprint density at radius 2 is 1.88 bits per heavy atom. The summed E-state index contributed by atoms with van der Waals surface area (Å²) in [6.45, 7) is 5.03. The molecule has 9 nitrogen and oxygen atoms in total. The van der Waals surface area contributed by atoms with E-state index in [1.54, 1.807) is 5.06 Å². The molecule has 4 rings (SSSR count). The zero-order valence-corrected chi connectivity index (χ0v) is 18.6. The normalized spacial score (nSPS) is 18.8. The number of morpholine rings is 1.